The second-order valence-corrected chi connectivity index (χ2v) is 5.47. The number of nitrogens with two attached hydrogens (primary N) is 1. The van der Waals surface area contributed by atoms with Crippen LogP contribution >= 0.6 is 19.8 Å². The molecule has 86 valence electrons. The lowest BCUT2D eigenvalue weighted by molar-refractivity contribution is -0.144. The molecule has 0 radical (unpaired) electrons. The molecule has 0 saturated heterocycles. The molecule has 14 heavy (non-hydrogen) atoms. The van der Waals surface area contributed by atoms with Crippen LogP contribution in [-0.4, -0.2) is 36.3 Å². The Hall–Kier alpha value is -0.0900. The molecule has 0 fully saturated rings. The maximum atomic E-state index is 10.9. The zero-order valence-electron chi connectivity index (χ0n) is 8.30. The molecule has 0 bridgehead atoms. The minimum absolute atomic E-state index is 0. The van der Waals surface area contributed by atoms with Crippen molar-refractivity contribution in [3.63, 3.8) is 0 Å². The number of carbonyl (C=O) groups excluding carboxylic acids is 1. The highest BCUT2D eigenvalue weighted by molar-refractivity contribution is 7.57. The van der Waals surface area contributed by atoms with Crippen molar-refractivity contribution in [3.8, 4) is 0 Å². The molecule has 0 amide bonds. The molecule has 0 heterocycles. The van der Waals surface area contributed by atoms with E-state index in [1.54, 1.807) is 6.92 Å². The summed E-state index contributed by atoms with van der Waals surface area (Å²) in [6.45, 7) is 3.20. The number of carbonyl (C=O) groups is 1. The lowest BCUT2D eigenvalue weighted by atomic mass is 10.2. The first-order chi connectivity index (χ1) is 5.87. The van der Waals surface area contributed by atoms with E-state index in [-0.39, 0.29) is 31.6 Å². The van der Waals surface area contributed by atoms with Crippen molar-refractivity contribution in [2.45, 2.75) is 19.4 Å². The van der Waals surface area contributed by atoms with Gasteiger partial charge in [-0.05, 0) is 13.3 Å². The van der Waals surface area contributed by atoms with E-state index in [9.17, 15) is 9.36 Å². The Balaban J connectivity index is 0. The molecule has 0 saturated carbocycles. The van der Waals surface area contributed by atoms with Gasteiger partial charge in [0.15, 0.2) is 7.37 Å². The third-order valence-corrected chi connectivity index (χ3v) is 2.53. The van der Waals surface area contributed by atoms with E-state index in [1.807, 2.05) is 0 Å². The Morgan fingerprint density at radius 3 is 2.50 bits per heavy atom. The van der Waals surface area contributed by atoms with Crippen LogP contribution in [0.2, 0.25) is 0 Å². The summed E-state index contributed by atoms with van der Waals surface area (Å²) in [4.78, 5) is 19.9. The molecule has 7 heteroatoms. The first kappa shape index (κ1) is 16.3. The maximum Gasteiger partial charge on any atom is 0.322 e. The third-order valence-electron chi connectivity index (χ3n) is 1.44. The summed E-state index contributed by atoms with van der Waals surface area (Å²) < 4.78 is 15.5. The van der Waals surface area contributed by atoms with Gasteiger partial charge in [-0.2, -0.15) is 0 Å². The van der Waals surface area contributed by atoms with Crippen LogP contribution in [0.3, 0.4) is 0 Å². The fourth-order valence-corrected chi connectivity index (χ4v) is 1.50. The van der Waals surface area contributed by atoms with Gasteiger partial charge < -0.3 is 15.4 Å². The van der Waals surface area contributed by atoms with Crippen LogP contribution in [0.5, 0.6) is 0 Å². The summed E-state index contributed by atoms with van der Waals surface area (Å²) in [5, 5.41) is 0. The number of ether oxygens (including phenoxy) is 1. The zero-order chi connectivity index (χ0) is 10.5. The molecule has 0 aliphatic rings. The summed E-state index contributed by atoms with van der Waals surface area (Å²) in [6.07, 6.45) is 0.232. The van der Waals surface area contributed by atoms with Crippen LogP contribution < -0.4 is 5.73 Å². The molecule has 0 rings (SSSR count). The van der Waals surface area contributed by atoms with Gasteiger partial charge in [-0.3, -0.25) is 9.36 Å². The predicted octanol–water partition coefficient (Wildman–Crippen LogP) is 0.589. The first-order valence-electron chi connectivity index (χ1n) is 4.08. The Morgan fingerprint density at radius 2 is 2.14 bits per heavy atom. The molecule has 2 unspecified atom stereocenters. The van der Waals surface area contributed by atoms with Crippen molar-refractivity contribution >= 4 is 25.7 Å². The summed E-state index contributed by atoms with van der Waals surface area (Å²) in [7, 11) is -3.07. The van der Waals surface area contributed by atoms with Crippen molar-refractivity contribution in [1.29, 1.82) is 0 Å². The minimum atomic E-state index is -3.07. The van der Waals surface area contributed by atoms with Crippen LogP contribution in [0.25, 0.3) is 0 Å². The number of hydrogen-bond donors (Lipinski definition) is 2. The largest absolute Gasteiger partial charge is 0.465 e. The Bertz CT molecular complexity index is 218. The second-order valence-electron chi connectivity index (χ2n) is 2.92. The van der Waals surface area contributed by atoms with E-state index in [4.69, 9.17) is 10.6 Å². The normalized spacial score (nSPS) is 16.3. The van der Waals surface area contributed by atoms with Crippen molar-refractivity contribution in [1.82, 2.24) is 0 Å². The fraction of sp³-hybridized carbons (Fsp3) is 0.857. The smallest absolute Gasteiger partial charge is 0.322 e. The molecule has 2 atom stereocenters. The summed E-state index contributed by atoms with van der Waals surface area (Å²) in [6, 6.07) is -0.791. The molecule has 0 aromatic heterocycles. The quantitative estimate of drug-likeness (QED) is 0.547. The number of rotatable bonds is 5. The van der Waals surface area contributed by atoms with E-state index in [2.05, 4.69) is 4.74 Å². The highest BCUT2D eigenvalue weighted by Crippen LogP contribution is 2.35. The number of hydrogen-bond acceptors (Lipinski definition) is 4. The fourth-order valence-electron chi connectivity index (χ4n) is 0.746. The monoisotopic (exact) mass is 245 g/mol. The lowest BCUT2D eigenvalue weighted by Gasteiger charge is -2.11. The lowest BCUT2D eigenvalue weighted by Crippen LogP contribution is -2.33. The Morgan fingerprint density at radius 1 is 1.64 bits per heavy atom. The molecular formula is C7H17ClNO4P. The number of halogens is 1. The van der Waals surface area contributed by atoms with Gasteiger partial charge in [0.05, 0.1) is 6.61 Å². The second kappa shape index (κ2) is 7.23. The van der Waals surface area contributed by atoms with Gasteiger partial charge in [0.2, 0.25) is 0 Å². The van der Waals surface area contributed by atoms with Gasteiger partial charge >= 0.3 is 5.97 Å². The summed E-state index contributed by atoms with van der Waals surface area (Å²) >= 11 is 0. The first-order valence-corrected chi connectivity index (χ1v) is 6.37. The third kappa shape index (κ3) is 8.51. The molecule has 0 aliphatic carbocycles. The average Bonchev–Trinajstić information content (AvgIpc) is 1.99. The van der Waals surface area contributed by atoms with Crippen molar-refractivity contribution in [3.05, 3.63) is 0 Å². The highest BCUT2D eigenvalue weighted by Gasteiger charge is 2.18. The molecule has 0 spiro atoms. The van der Waals surface area contributed by atoms with Crippen LogP contribution in [-0.2, 0) is 14.1 Å². The zero-order valence-corrected chi connectivity index (χ0v) is 10.0. The maximum absolute atomic E-state index is 10.9. The molecule has 0 aromatic rings. The van der Waals surface area contributed by atoms with Crippen LogP contribution in [0, 0.1) is 0 Å². The van der Waals surface area contributed by atoms with Gasteiger partial charge in [-0.25, -0.2) is 0 Å². The average molecular weight is 246 g/mol. The SMILES string of the molecule is CCOC(=O)C(N)CCP(C)(=O)O.Cl. The van der Waals surface area contributed by atoms with Crippen LogP contribution in [0.15, 0.2) is 0 Å². The Labute approximate surface area is 89.9 Å². The molecule has 5 nitrogen and oxygen atoms in total. The van der Waals surface area contributed by atoms with E-state index in [0.717, 1.165) is 0 Å². The van der Waals surface area contributed by atoms with Crippen molar-refractivity contribution in [2.24, 2.45) is 5.73 Å². The molecule has 0 aliphatic heterocycles. The molecule has 3 N–H and O–H groups in total. The number of esters is 1. The van der Waals surface area contributed by atoms with Gasteiger partial charge in [0.25, 0.3) is 0 Å². The van der Waals surface area contributed by atoms with Crippen molar-refractivity contribution in [2.75, 3.05) is 19.4 Å². The van der Waals surface area contributed by atoms with Gasteiger partial charge in [0.1, 0.15) is 6.04 Å². The van der Waals surface area contributed by atoms with Crippen LogP contribution in [0.4, 0.5) is 0 Å². The van der Waals surface area contributed by atoms with Gasteiger partial charge in [0, 0.05) is 12.8 Å². The predicted molar refractivity (Wildman–Crippen MR) is 57.1 cm³/mol. The van der Waals surface area contributed by atoms with E-state index in [0.29, 0.717) is 0 Å². The highest BCUT2D eigenvalue weighted by atomic mass is 35.5. The topological polar surface area (TPSA) is 89.6 Å². The summed E-state index contributed by atoms with van der Waals surface area (Å²) in [5.74, 6) is -0.518. The van der Waals surface area contributed by atoms with Crippen molar-refractivity contribution < 1.29 is 19.0 Å². The summed E-state index contributed by atoms with van der Waals surface area (Å²) in [5.41, 5.74) is 5.40. The Kier molecular flexibility index (Phi) is 8.45. The standard InChI is InChI=1S/C7H16NO4P.ClH/c1-3-12-7(9)6(8)4-5-13(2,10)11;/h6H,3-5,8H2,1-2H3,(H,10,11);1H. The minimum Gasteiger partial charge on any atom is -0.465 e. The van der Waals surface area contributed by atoms with E-state index in [1.165, 1.54) is 6.66 Å². The van der Waals surface area contributed by atoms with E-state index < -0.39 is 19.4 Å². The molecular weight excluding hydrogens is 229 g/mol. The van der Waals surface area contributed by atoms with Gasteiger partial charge in [-0.1, -0.05) is 0 Å². The van der Waals surface area contributed by atoms with Crippen LogP contribution in [0.1, 0.15) is 13.3 Å². The molecule has 0 aromatic carbocycles. The van der Waals surface area contributed by atoms with Gasteiger partial charge in [-0.15, -0.1) is 12.4 Å². The van der Waals surface area contributed by atoms with E-state index >= 15 is 0 Å².